The Kier molecular flexibility index (Phi) is 5.85. The molecule has 0 bridgehead atoms. The highest BCUT2D eigenvalue weighted by atomic mass is 16.5. The smallest absolute Gasteiger partial charge is 0.155 e. The number of ketones is 1. The summed E-state index contributed by atoms with van der Waals surface area (Å²) >= 11 is 0. The molecule has 1 fully saturated rings. The van der Waals surface area contributed by atoms with Gasteiger partial charge in [0, 0.05) is 6.42 Å². The van der Waals surface area contributed by atoms with Crippen molar-refractivity contribution < 1.29 is 24.9 Å². The predicted molar refractivity (Wildman–Crippen MR) is 82.1 cm³/mol. The van der Waals surface area contributed by atoms with Gasteiger partial charge in [0.05, 0.1) is 12.2 Å². The van der Waals surface area contributed by atoms with Gasteiger partial charge in [0.2, 0.25) is 0 Å². The van der Waals surface area contributed by atoms with Crippen molar-refractivity contribution >= 4 is 11.9 Å². The first-order valence-corrected chi connectivity index (χ1v) is 7.44. The monoisotopic (exact) mass is 306 g/mol. The third kappa shape index (κ3) is 4.24. The van der Waals surface area contributed by atoms with Crippen molar-refractivity contribution in [3.05, 3.63) is 42.0 Å². The molecule has 1 aliphatic heterocycles. The Balaban J connectivity index is 1.84. The Morgan fingerprint density at radius 3 is 2.50 bits per heavy atom. The lowest BCUT2D eigenvalue weighted by Crippen LogP contribution is -2.56. The molecular weight excluding hydrogens is 284 g/mol. The maximum absolute atomic E-state index is 11.9. The van der Waals surface area contributed by atoms with Gasteiger partial charge in [-0.1, -0.05) is 36.4 Å². The van der Waals surface area contributed by atoms with Gasteiger partial charge in [0.25, 0.3) is 0 Å². The number of hydrogen-bond acceptors (Lipinski definition) is 5. The van der Waals surface area contributed by atoms with Crippen LogP contribution in [-0.2, 0) is 9.53 Å². The van der Waals surface area contributed by atoms with Crippen molar-refractivity contribution in [2.75, 3.05) is 0 Å². The summed E-state index contributed by atoms with van der Waals surface area (Å²) < 4.78 is 5.46. The number of rotatable bonds is 5. The zero-order chi connectivity index (χ0) is 16.1. The van der Waals surface area contributed by atoms with Gasteiger partial charge in [-0.25, -0.2) is 0 Å². The van der Waals surface area contributed by atoms with Gasteiger partial charge in [-0.3, -0.25) is 4.79 Å². The van der Waals surface area contributed by atoms with Gasteiger partial charge >= 0.3 is 0 Å². The predicted octanol–water partition coefficient (Wildman–Crippen LogP) is 0.919. The van der Waals surface area contributed by atoms with Crippen molar-refractivity contribution in [3.8, 4) is 0 Å². The Morgan fingerprint density at radius 2 is 1.82 bits per heavy atom. The number of carbonyl (C=O) groups is 1. The van der Waals surface area contributed by atoms with Crippen LogP contribution in [0.15, 0.2) is 36.4 Å². The molecule has 0 amide bonds. The van der Waals surface area contributed by atoms with Crippen LogP contribution in [0, 0.1) is 0 Å². The maximum Gasteiger partial charge on any atom is 0.155 e. The fraction of sp³-hybridized carbons (Fsp3) is 0.471. The zero-order valence-electron chi connectivity index (χ0n) is 12.5. The van der Waals surface area contributed by atoms with Gasteiger partial charge < -0.3 is 20.1 Å². The number of ether oxygens (including phenoxy) is 1. The minimum absolute atomic E-state index is 0.0760. The Bertz CT molecular complexity index is 513. The first-order valence-electron chi connectivity index (χ1n) is 7.44. The van der Waals surface area contributed by atoms with E-state index in [4.69, 9.17) is 4.74 Å². The van der Waals surface area contributed by atoms with Crippen LogP contribution < -0.4 is 0 Å². The lowest BCUT2D eigenvalue weighted by atomic mass is 9.93. The van der Waals surface area contributed by atoms with Crippen LogP contribution in [-0.4, -0.2) is 51.6 Å². The van der Waals surface area contributed by atoms with E-state index in [-0.39, 0.29) is 12.2 Å². The van der Waals surface area contributed by atoms with Crippen molar-refractivity contribution in [3.63, 3.8) is 0 Å². The molecule has 1 heterocycles. The Morgan fingerprint density at radius 1 is 1.14 bits per heavy atom. The molecule has 0 spiro atoms. The third-order valence-electron chi connectivity index (χ3n) is 3.89. The summed E-state index contributed by atoms with van der Waals surface area (Å²) in [6.07, 6.45) is -1.02. The van der Waals surface area contributed by atoms with Gasteiger partial charge in [-0.2, -0.15) is 0 Å². The van der Waals surface area contributed by atoms with E-state index in [0.29, 0.717) is 6.42 Å². The van der Waals surface area contributed by atoms with Crippen LogP contribution >= 0.6 is 0 Å². The molecule has 0 aromatic heterocycles. The molecule has 22 heavy (non-hydrogen) atoms. The largest absolute Gasteiger partial charge is 0.388 e. The molecule has 0 saturated carbocycles. The van der Waals surface area contributed by atoms with Crippen LogP contribution in [0.3, 0.4) is 0 Å². The van der Waals surface area contributed by atoms with E-state index in [0.717, 1.165) is 5.56 Å². The average Bonchev–Trinajstić information content (AvgIpc) is 2.54. The van der Waals surface area contributed by atoms with Gasteiger partial charge in [-0.05, 0) is 25.0 Å². The summed E-state index contributed by atoms with van der Waals surface area (Å²) in [7, 11) is 0. The number of carbonyl (C=O) groups excluding carboxylic acids is 1. The van der Waals surface area contributed by atoms with E-state index in [2.05, 4.69) is 0 Å². The summed E-state index contributed by atoms with van der Waals surface area (Å²) in [6, 6.07) is 9.49. The second-order valence-electron chi connectivity index (χ2n) is 5.60. The highest BCUT2D eigenvalue weighted by Crippen LogP contribution is 2.24. The van der Waals surface area contributed by atoms with E-state index in [9.17, 15) is 20.1 Å². The van der Waals surface area contributed by atoms with Crippen LogP contribution in [0.5, 0.6) is 0 Å². The molecule has 1 aliphatic rings. The molecule has 3 unspecified atom stereocenters. The maximum atomic E-state index is 11.9. The molecule has 2 rings (SSSR count). The first kappa shape index (κ1) is 16.8. The highest BCUT2D eigenvalue weighted by Gasteiger charge is 2.41. The summed E-state index contributed by atoms with van der Waals surface area (Å²) in [5, 5.41) is 29.2. The van der Waals surface area contributed by atoms with Crippen LogP contribution in [0.1, 0.15) is 25.3 Å². The lowest BCUT2D eigenvalue weighted by Gasteiger charge is -2.39. The van der Waals surface area contributed by atoms with Crippen LogP contribution in [0.2, 0.25) is 0 Å². The molecule has 3 N–H and O–H groups in total. The first-order chi connectivity index (χ1) is 10.5. The fourth-order valence-corrected chi connectivity index (χ4v) is 2.50. The van der Waals surface area contributed by atoms with E-state index in [1.165, 1.54) is 6.08 Å². The summed E-state index contributed by atoms with van der Waals surface area (Å²) in [4.78, 5) is 11.9. The fourth-order valence-electron chi connectivity index (χ4n) is 2.50. The second-order valence-corrected chi connectivity index (χ2v) is 5.60. The standard InChI is InChI=1S/C17H22O5/c1-11-15(19)17(21)16(20)14(22-11)10-9-13(18)8-7-12-5-3-2-4-6-12/h2-8,11,14-17,19-21H,9-10H2,1H3/b8-7+/t11?,14?,15-,16?,17+/m1/s1. The number of hydrogen-bond donors (Lipinski definition) is 3. The average molecular weight is 306 g/mol. The molecule has 5 nitrogen and oxygen atoms in total. The number of allylic oxidation sites excluding steroid dienone is 1. The third-order valence-corrected chi connectivity index (χ3v) is 3.89. The van der Waals surface area contributed by atoms with E-state index < -0.39 is 30.5 Å². The van der Waals surface area contributed by atoms with Crippen LogP contribution in [0.4, 0.5) is 0 Å². The molecule has 1 saturated heterocycles. The zero-order valence-corrected chi connectivity index (χ0v) is 12.5. The summed E-state index contributed by atoms with van der Waals surface area (Å²) in [5.41, 5.74) is 0.942. The van der Waals surface area contributed by atoms with E-state index in [1.807, 2.05) is 30.3 Å². The van der Waals surface area contributed by atoms with E-state index >= 15 is 0 Å². The molecule has 0 radical (unpaired) electrons. The van der Waals surface area contributed by atoms with Gasteiger partial charge in [0.1, 0.15) is 18.3 Å². The van der Waals surface area contributed by atoms with E-state index in [1.54, 1.807) is 13.0 Å². The second kappa shape index (κ2) is 7.65. The SMILES string of the molecule is CC1OC(CCC(=O)/C=C/c2ccccc2)C(O)[C@@H](O)[C@@H]1O. The minimum Gasteiger partial charge on any atom is -0.388 e. The quantitative estimate of drug-likeness (QED) is 0.704. The molecular formula is C17H22O5. The lowest BCUT2D eigenvalue weighted by molar-refractivity contribution is -0.218. The van der Waals surface area contributed by atoms with Gasteiger partial charge in [0.15, 0.2) is 5.78 Å². The van der Waals surface area contributed by atoms with Gasteiger partial charge in [-0.15, -0.1) is 0 Å². The summed E-state index contributed by atoms with van der Waals surface area (Å²) in [6.45, 7) is 1.63. The minimum atomic E-state index is -1.25. The summed E-state index contributed by atoms with van der Waals surface area (Å²) in [5.74, 6) is -0.0760. The highest BCUT2D eigenvalue weighted by molar-refractivity contribution is 5.93. The Hall–Kier alpha value is -1.53. The number of benzene rings is 1. The van der Waals surface area contributed by atoms with Crippen molar-refractivity contribution in [2.45, 2.75) is 50.3 Å². The van der Waals surface area contributed by atoms with Crippen molar-refractivity contribution in [1.82, 2.24) is 0 Å². The van der Waals surface area contributed by atoms with Crippen LogP contribution in [0.25, 0.3) is 6.08 Å². The topological polar surface area (TPSA) is 87.0 Å². The number of aliphatic hydroxyl groups is 3. The number of aliphatic hydroxyl groups excluding tert-OH is 3. The molecule has 1 aromatic carbocycles. The molecule has 5 heteroatoms. The van der Waals surface area contributed by atoms with Crippen molar-refractivity contribution in [2.24, 2.45) is 0 Å². The van der Waals surface area contributed by atoms with Crippen molar-refractivity contribution in [1.29, 1.82) is 0 Å². The Labute approximate surface area is 129 Å². The molecule has 0 aliphatic carbocycles. The molecule has 120 valence electrons. The molecule has 1 aromatic rings. The normalized spacial score (nSPS) is 32.3. The molecule has 5 atom stereocenters.